The molecule has 1 N–H and O–H groups in total. The quantitative estimate of drug-likeness (QED) is 0.878. The van der Waals surface area contributed by atoms with Crippen LogP contribution in [-0.4, -0.2) is 30.3 Å². The summed E-state index contributed by atoms with van der Waals surface area (Å²) in [6.45, 7) is -0.000257. The highest BCUT2D eigenvalue weighted by molar-refractivity contribution is 6.30. The van der Waals surface area contributed by atoms with Gasteiger partial charge in [-0.3, -0.25) is 9.69 Å². The molecule has 0 saturated carbocycles. The molecule has 1 saturated heterocycles. The lowest BCUT2D eigenvalue weighted by atomic mass is 10.1. The molecule has 1 amide bonds. The number of carboxylic acids is 1. The number of hydrogen-bond acceptors (Lipinski definition) is 3. The van der Waals surface area contributed by atoms with Crippen molar-refractivity contribution in [3.05, 3.63) is 29.3 Å². The van der Waals surface area contributed by atoms with Crippen molar-refractivity contribution in [2.45, 2.75) is 0 Å². The number of benzene rings is 1. The van der Waals surface area contributed by atoms with E-state index in [1.54, 1.807) is 24.3 Å². The summed E-state index contributed by atoms with van der Waals surface area (Å²) in [4.78, 5) is 23.7. The molecule has 0 bridgehead atoms. The number of cyclic esters (lactones) is 1. The first-order valence-corrected chi connectivity index (χ1v) is 5.38. The number of hydrogen-bond donors (Lipinski definition) is 1. The lowest BCUT2D eigenvalue weighted by molar-refractivity contribution is -0.143. The number of halogens is 1. The number of aliphatic carboxylic acids is 1. The van der Waals surface area contributed by atoms with Crippen LogP contribution >= 0.6 is 11.6 Å². The third-order valence-electron chi connectivity index (χ3n) is 2.50. The van der Waals surface area contributed by atoms with Crippen molar-refractivity contribution in [2.24, 2.45) is 5.92 Å². The highest BCUT2D eigenvalue weighted by Gasteiger charge is 2.32. The Kier molecular flexibility index (Phi) is 3.19. The number of carbonyl (C=O) groups is 2. The van der Waals surface area contributed by atoms with Crippen LogP contribution in [0.5, 0.6) is 0 Å². The minimum Gasteiger partial charge on any atom is -0.481 e. The van der Waals surface area contributed by atoms with Gasteiger partial charge in [0.1, 0.15) is 12.5 Å². The Balaban J connectivity index is 2.23. The van der Waals surface area contributed by atoms with Gasteiger partial charge in [0.25, 0.3) is 0 Å². The number of carboxylic acid groups (broad SMARTS) is 1. The van der Waals surface area contributed by atoms with Gasteiger partial charge < -0.3 is 9.84 Å². The zero-order valence-electron chi connectivity index (χ0n) is 8.80. The van der Waals surface area contributed by atoms with Crippen molar-refractivity contribution in [3.63, 3.8) is 0 Å². The maximum absolute atomic E-state index is 11.5. The normalized spacial score (nSPS) is 19.9. The molecule has 0 aromatic heterocycles. The molecular weight excluding hydrogens is 246 g/mol. The Labute approximate surface area is 103 Å². The summed E-state index contributed by atoms with van der Waals surface area (Å²) < 4.78 is 4.82. The first kappa shape index (κ1) is 11.7. The fraction of sp³-hybridized carbons (Fsp3) is 0.273. The van der Waals surface area contributed by atoms with Crippen molar-refractivity contribution in [1.82, 2.24) is 0 Å². The highest BCUT2D eigenvalue weighted by Crippen LogP contribution is 2.23. The van der Waals surface area contributed by atoms with Crippen LogP contribution in [0.25, 0.3) is 0 Å². The predicted octanol–water partition coefficient (Wildman–Crippen LogP) is 2.00. The Morgan fingerprint density at radius 1 is 1.53 bits per heavy atom. The number of amides is 1. The molecule has 1 atom stereocenters. The maximum atomic E-state index is 11.5. The van der Waals surface area contributed by atoms with Gasteiger partial charge in [-0.15, -0.1) is 0 Å². The molecule has 1 aromatic carbocycles. The van der Waals surface area contributed by atoms with Crippen LogP contribution in [0.15, 0.2) is 24.3 Å². The molecule has 0 aliphatic carbocycles. The molecule has 1 aliphatic rings. The zero-order chi connectivity index (χ0) is 12.4. The summed E-state index contributed by atoms with van der Waals surface area (Å²) >= 11 is 5.82. The molecule has 2 rings (SSSR count). The molecular formula is C11H10ClNO4. The third kappa shape index (κ3) is 2.50. The monoisotopic (exact) mass is 255 g/mol. The van der Waals surface area contributed by atoms with E-state index in [4.69, 9.17) is 21.4 Å². The van der Waals surface area contributed by atoms with Crippen LogP contribution in [0.3, 0.4) is 0 Å². The topological polar surface area (TPSA) is 66.8 Å². The van der Waals surface area contributed by atoms with E-state index in [9.17, 15) is 9.59 Å². The van der Waals surface area contributed by atoms with Crippen molar-refractivity contribution in [3.8, 4) is 0 Å². The van der Waals surface area contributed by atoms with E-state index in [0.717, 1.165) is 0 Å². The van der Waals surface area contributed by atoms with E-state index in [-0.39, 0.29) is 13.2 Å². The number of carbonyl (C=O) groups excluding carboxylic acids is 1. The van der Waals surface area contributed by atoms with E-state index in [2.05, 4.69) is 0 Å². The molecule has 1 fully saturated rings. The van der Waals surface area contributed by atoms with Crippen molar-refractivity contribution in [1.29, 1.82) is 0 Å². The summed E-state index contributed by atoms with van der Waals surface area (Å²) in [6.07, 6.45) is -0.551. The van der Waals surface area contributed by atoms with Gasteiger partial charge in [-0.2, -0.15) is 0 Å². The maximum Gasteiger partial charge on any atom is 0.414 e. The molecule has 6 heteroatoms. The Hall–Kier alpha value is -1.75. The van der Waals surface area contributed by atoms with Crippen LogP contribution in [-0.2, 0) is 9.53 Å². The van der Waals surface area contributed by atoms with Gasteiger partial charge in [0.2, 0.25) is 0 Å². The van der Waals surface area contributed by atoms with Crippen molar-refractivity contribution >= 4 is 29.4 Å². The van der Waals surface area contributed by atoms with Crippen LogP contribution in [0.1, 0.15) is 0 Å². The van der Waals surface area contributed by atoms with Crippen molar-refractivity contribution < 1.29 is 19.4 Å². The molecule has 1 aliphatic heterocycles. The molecule has 5 nitrogen and oxygen atoms in total. The van der Waals surface area contributed by atoms with Gasteiger partial charge in [0, 0.05) is 17.3 Å². The molecule has 17 heavy (non-hydrogen) atoms. The van der Waals surface area contributed by atoms with E-state index in [0.29, 0.717) is 10.7 Å². The van der Waals surface area contributed by atoms with Gasteiger partial charge in [0.05, 0.1) is 0 Å². The van der Waals surface area contributed by atoms with Crippen LogP contribution in [0.2, 0.25) is 5.02 Å². The summed E-state index contributed by atoms with van der Waals surface area (Å²) in [7, 11) is 0. The van der Waals surface area contributed by atoms with Gasteiger partial charge in [-0.05, 0) is 18.2 Å². The minimum absolute atomic E-state index is 0.0918. The Morgan fingerprint density at radius 3 is 2.94 bits per heavy atom. The number of rotatable bonds is 2. The van der Waals surface area contributed by atoms with Crippen LogP contribution in [0.4, 0.5) is 10.5 Å². The smallest absolute Gasteiger partial charge is 0.414 e. The first-order chi connectivity index (χ1) is 8.08. The minimum atomic E-state index is -0.982. The second kappa shape index (κ2) is 4.63. The number of anilines is 1. The second-order valence-corrected chi connectivity index (χ2v) is 4.14. The highest BCUT2D eigenvalue weighted by atomic mass is 35.5. The van der Waals surface area contributed by atoms with E-state index in [1.165, 1.54) is 4.90 Å². The average Bonchev–Trinajstić information content (AvgIpc) is 2.29. The summed E-state index contributed by atoms with van der Waals surface area (Å²) in [5.74, 6) is -1.70. The summed E-state index contributed by atoms with van der Waals surface area (Å²) in [5.41, 5.74) is 0.536. The predicted molar refractivity (Wildman–Crippen MR) is 61.3 cm³/mol. The van der Waals surface area contributed by atoms with Gasteiger partial charge in [-0.1, -0.05) is 17.7 Å². The number of ether oxygens (including phenoxy) is 1. The largest absolute Gasteiger partial charge is 0.481 e. The fourth-order valence-corrected chi connectivity index (χ4v) is 1.79. The fourth-order valence-electron chi connectivity index (χ4n) is 1.60. The third-order valence-corrected chi connectivity index (χ3v) is 2.74. The zero-order valence-corrected chi connectivity index (χ0v) is 9.55. The number of nitrogens with zero attached hydrogens (tertiary/aromatic N) is 1. The Morgan fingerprint density at radius 2 is 2.29 bits per heavy atom. The lowest BCUT2D eigenvalue weighted by Crippen LogP contribution is -2.45. The molecule has 90 valence electrons. The lowest BCUT2D eigenvalue weighted by Gasteiger charge is -2.30. The second-order valence-electron chi connectivity index (χ2n) is 3.70. The standard InChI is InChI=1S/C11H10ClNO4/c12-8-2-1-3-9(4-8)13-5-7(10(14)15)6-17-11(13)16/h1-4,7H,5-6H2,(H,14,15). The van der Waals surface area contributed by atoms with Gasteiger partial charge in [-0.25, -0.2) is 4.79 Å². The molecule has 1 unspecified atom stereocenters. The average molecular weight is 256 g/mol. The van der Waals surface area contributed by atoms with Crippen LogP contribution in [0, 0.1) is 5.92 Å². The molecule has 1 aromatic rings. The van der Waals surface area contributed by atoms with E-state index < -0.39 is 18.0 Å². The van der Waals surface area contributed by atoms with Crippen LogP contribution < -0.4 is 4.90 Å². The van der Waals surface area contributed by atoms with Crippen molar-refractivity contribution in [2.75, 3.05) is 18.1 Å². The SMILES string of the molecule is O=C(O)C1COC(=O)N(c2cccc(Cl)c2)C1. The van der Waals surface area contributed by atoms with E-state index >= 15 is 0 Å². The Bertz CT molecular complexity index is 463. The molecule has 0 radical (unpaired) electrons. The molecule has 1 heterocycles. The first-order valence-electron chi connectivity index (χ1n) is 5.00. The van der Waals surface area contributed by atoms with Gasteiger partial charge in [0.15, 0.2) is 0 Å². The van der Waals surface area contributed by atoms with Gasteiger partial charge >= 0.3 is 12.1 Å². The summed E-state index contributed by atoms with van der Waals surface area (Å²) in [6, 6.07) is 6.63. The van der Waals surface area contributed by atoms with E-state index in [1.807, 2.05) is 0 Å². The summed E-state index contributed by atoms with van der Waals surface area (Å²) in [5, 5.41) is 9.38. The molecule has 0 spiro atoms.